The summed E-state index contributed by atoms with van der Waals surface area (Å²) in [6.45, 7) is 6.42. The molecule has 0 unspecified atom stereocenters. The molecule has 0 saturated heterocycles. The van der Waals surface area contributed by atoms with Gasteiger partial charge in [-0.05, 0) is 24.6 Å². The van der Waals surface area contributed by atoms with E-state index >= 15 is 0 Å². The number of thiophene rings is 1. The summed E-state index contributed by atoms with van der Waals surface area (Å²) in [5.74, 6) is 0.0522. The van der Waals surface area contributed by atoms with Gasteiger partial charge in [0.25, 0.3) is 0 Å². The van der Waals surface area contributed by atoms with Crippen molar-refractivity contribution in [3.63, 3.8) is 0 Å². The second kappa shape index (κ2) is 6.05. The number of pyridine rings is 1. The minimum atomic E-state index is -0.0400. The maximum absolute atomic E-state index is 12.0. The van der Waals surface area contributed by atoms with Crippen LogP contribution in [0.5, 0.6) is 0 Å². The highest BCUT2D eigenvalue weighted by Gasteiger charge is 2.17. The summed E-state index contributed by atoms with van der Waals surface area (Å²) in [6, 6.07) is 5.76. The van der Waals surface area contributed by atoms with Crippen molar-refractivity contribution >= 4 is 27.8 Å². The zero-order valence-electron chi connectivity index (χ0n) is 11.9. The largest absolute Gasteiger partial charge is 0.397 e. The van der Waals surface area contributed by atoms with Gasteiger partial charge in [0, 0.05) is 12.1 Å². The Bertz CT molecular complexity index is 619. The summed E-state index contributed by atoms with van der Waals surface area (Å²) in [5, 5.41) is 4.18. The molecule has 2 rings (SSSR count). The zero-order valence-corrected chi connectivity index (χ0v) is 12.8. The van der Waals surface area contributed by atoms with E-state index in [-0.39, 0.29) is 11.7 Å². The minimum Gasteiger partial charge on any atom is -0.397 e. The van der Waals surface area contributed by atoms with Crippen LogP contribution >= 0.6 is 11.3 Å². The third-order valence-corrected chi connectivity index (χ3v) is 4.18. The molecule has 3 N–H and O–H groups in total. The quantitative estimate of drug-likeness (QED) is 0.827. The molecule has 0 atom stereocenters. The van der Waals surface area contributed by atoms with Gasteiger partial charge in [0.15, 0.2) is 5.78 Å². The van der Waals surface area contributed by atoms with Crippen molar-refractivity contribution in [2.75, 3.05) is 11.1 Å². The zero-order chi connectivity index (χ0) is 14.7. The molecular formula is C15H19N3OS. The SMILES string of the molecule is Cc1cccnc1CNc1cc(N)c(C(=O)C(C)C)s1. The second-order valence-electron chi connectivity index (χ2n) is 5.03. The number of rotatable bonds is 5. The number of nitrogen functional groups attached to an aromatic ring is 1. The van der Waals surface area contributed by atoms with Crippen molar-refractivity contribution in [3.8, 4) is 0 Å². The minimum absolute atomic E-state index is 0.0400. The molecule has 4 nitrogen and oxygen atoms in total. The van der Waals surface area contributed by atoms with Gasteiger partial charge < -0.3 is 11.1 Å². The van der Waals surface area contributed by atoms with Gasteiger partial charge in [-0.1, -0.05) is 19.9 Å². The van der Waals surface area contributed by atoms with Crippen LogP contribution in [0, 0.1) is 12.8 Å². The summed E-state index contributed by atoms with van der Waals surface area (Å²) in [6.07, 6.45) is 1.78. The summed E-state index contributed by atoms with van der Waals surface area (Å²) in [7, 11) is 0. The number of carbonyl (C=O) groups excluding carboxylic acids is 1. The maximum atomic E-state index is 12.0. The van der Waals surface area contributed by atoms with Gasteiger partial charge in [-0.3, -0.25) is 9.78 Å². The number of nitrogens with zero attached hydrogens (tertiary/aromatic N) is 1. The first-order valence-corrected chi connectivity index (χ1v) is 7.38. The first-order valence-electron chi connectivity index (χ1n) is 6.57. The molecule has 20 heavy (non-hydrogen) atoms. The lowest BCUT2D eigenvalue weighted by atomic mass is 10.1. The molecule has 0 aromatic carbocycles. The highest BCUT2D eigenvalue weighted by atomic mass is 32.1. The number of ketones is 1. The van der Waals surface area contributed by atoms with Gasteiger partial charge in [0.1, 0.15) is 0 Å². The maximum Gasteiger partial charge on any atom is 0.177 e. The summed E-state index contributed by atoms with van der Waals surface area (Å²) < 4.78 is 0. The van der Waals surface area contributed by atoms with Crippen molar-refractivity contribution in [3.05, 3.63) is 40.5 Å². The van der Waals surface area contributed by atoms with Crippen LogP contribution in [-0.2, 0) is 6.54 Å². The Labute approximate surface area is 123 Å². The molecule has 2 aromatic rings. The fourth-order valence-electron chi connectivity index (χ4n) is 1.82. The average molecular weight is 289 g/mol. The molecular weight excluding hydrogens is 270 g/mol. The fraction of sp³-hybridized carbons (Fsp3) is 0.333. The lowest BCUT2D eigenvalue weighted by Crippen LogP contribution is -2.07. The number of hydrogen-bond donors (Lipinski definition) is 2. The third-order valence-electron chi connectivity index (χ3n) is 3.06. The Morgan fingerprint density at radius 1 is 1.50 bits per heavy atom. The molecule has 0 aliphatic carbocycles. The number of nitrogens with two attached hydrogens (primary N) is 1. The molecule has 5 heteroatoms. The second-order valence-corrected chi connectivity index (χ2v) is 6.09. The highest BCUT2D eigenvalue weighted by molar-refractivity contribution is 7.18. The molecule has 0 aliphatic rings. The van der Waals surface area contributed by atoms with E-state index in [1.54, 1.807) is 6.20 Å². The molecule has 0 radical (unpaired) electrons. The van der Waals surface area contributed by atoms with E-state index in [1.165, 1.54) is 11.3 Å². The van der Waals surface area contributed by atoms with E-state index in [4.69, 9.17) is 5.73 Å². The predicted molar refractivity (Wildman–Crippen MR) is 84.2 cm³/mol. The fourth-order valence-corrected chi connectivity index (χ4v) is 2.88. The number of hydrogen-bond acceptors (Lipinski definition) is 5. The van der Waals surface area contributed by atoms with E-state index in [1.807, 2.05) is 39.0 Å². The number of nitrogens with one attached hydrogen (secondary N) is 1. The Balaban J connectivity index is 2.10. The van der Waals surface area contributed by atoms with Crippen molar-refractivity contribution in [2.24, 2.45) is 5.92 Å². The Morgan fingerprint density at radius 2 is 2.25 bits per heavy atom. The lowest BCUT2D eigenvalue weighted by molar-refractivity contribution is 0.0944. The van der Waals surface area contributed by atoms with Crippen molar-refractivity contribution in [2.45, 2.75) is 27.3 Å². The summed E-state index contributed by atoms with van der Waals surface area (Å²) in [5.41, 5.74) is 8.60. The lowest BCUT2D eigenvalue weighted by Gasteiger charge is -2.05. The van der Waals surface area contributed by atoms with Crippen LogP contribution in [0.15, 0.2) is 24.4 Å². The van der Waals surface area contributed by atoms with Gasteiger partial charge in [-0.25, -0.2) is 0 Å². The van der Waals surface area contributed by atoms with Crippen LogP contribution in [0.25, 0.3) is 0 Å². The van der Waals surface area contributed by atoms with Crippen LogP contribution in [0.2, 0.25) is 0 Å². The molecule has 0 amide bonds. The van der Waals surface area contributed by atoms with Gasteiger partial charge in [0.05, 0.1) is 27.8 Å². The van der Waals surface area contributed by atoms with Crippen LogP contribution < -0.4 is 11.1 Å². The van der Waals surface area contributed by atoms with Crippen molar-refractivity contribution < 1.29 is 4.79 Å². The normalized spacial score (nSPS) is 10.8. The molecule has 0 bridgehead atoms. The molecule has 2 heterocycles. The number of carbonyl (C=O) groups is 1. The predicted octanol–water partition coefficient (Wildman–Crippen LogP) is 3.48. The van der Waals surface area contributed by atoms with Crippen molar-refractivity contribution in [1.82, 2.24) is 4.98 Å². The van der Waals surface area contributed by atoms with Crippen LogP contribution in [0.1, 0.15) is 34.8 Å². The van der Waals surface area contributed by atoms with E-state index in [9.17, 15) is 4.79 Å². The van der Waals surface area contributed by atoms with E-state index < -0.39 is 0 Å². The van der Waals surface area contributed by atoms with Gasteiger partial charge >= 0.3 is 0 Å². The first kappa shape index (κ1) is 14.5. The third kappa shape index (κ3) is 3.17. The number of anilines is 2. The van der Waals surface area contributed by atoms with Gasteiger partial charge in [-0.2, -0.15) is 0 Å². The van der Waals surface area contributed by atoms with Crippen LogP contribution in [0.3, 0.4) is 0 Å². The van der Waals surface area contributed by atoms with Gasteiger partial charge in [-0.15, -0.1) is 11.3 Å². The highest BCUT2D eigenvalue weighted by Crippen LogP contribution is 2.31. The smallest absolute Gasteiger partial charge is 0.177 e. The Morgan fingerprint density at radius 3 is 2.90 bits per heavy atom. The van der Waals surface area contributed by atoms with E-state index in [0.717, 1.165) is 16.3 Å². The van der Waals surface area contributed by atoms with E-state index in [0.29, 0.717) is 17.1 Å². The molecule has 106 valence electrons. The molecule has 0 aliphatic heterocycles. The number of aryl methyl sites for hydroxylation is 1. The average Bonchev–Trinajstić information content (AvgIpc) is 2.78. The number of Topliss-reactive ketones (excluding diaryl/α,β-unsaturated/α-hetero) is 1. The van der Waals surface area contributed by atoms with Crippen molar-refractivity contribution in [1.29, 1.82) is 0 Å². The van der Waals surface area contributed by atoms with E-state index in [2.05, 4.69) is 10.3 Å². The molecule has 0 fully saturated rings. The Kier molecular flexibility index (Phi) is 4.39. The van der Waals surface area contributed by atoms with Crippen LogP contribution in [-0.4, -0.2) is 10.8 Å². The monoisotopic (exact) mass is 289 g/mol. The first-order chi connectivity index (χ1) is 9.49. The van der Waals surface area contributed by atoms with Crippen LogP contribution in [0.4, 0.5) is 10.7 Å². The topological polar surface area (TPSA) is 68.0 Å². The molecule has 2 aromatic heterocycles. The Hall–Kier alpha value is -1.88. The summed E-state index contributed by atoms with van der Waals surface area (Å²) in [4.78, 5) is 17.0. The number of aromatic nitrogens is 1. The molecule has 0 saturated carbocycles. The molecule has 0 spiro atoms. The summed E-state index contributed by atoms with van der Waals surface area (Å²) >= 11 is 1.41. The standard InChI is InChI=1S/C15H19N3OS/c1-9(2)14(19)15-11(16)7-13(20-15)18-8-12-10(3)5-4-6-17-12/h4-7,9,18H,8,16H2,1-3H3. The van der Waals surface area contributed by atoms with Gasteiger partial charge in [0.2, 0.25) is 0 Å².